The van der Waals surface area contributed by atoms with Gasteiger partial charge < -0.3 is 17.7 Å². The van der Waals surface area contributed by atoms with Crippen LogP contribution in [0.3, 0.4) is 0 Å². The average Bonchev–Trinajstić information content (AvgIpc) is 2.52. The molecule has 70 valence electrons. The fourth-order valence-corrected chi connectivity index (χ4v) is 1.50. The number of hydrogen-bond donors (Lipinski definition) is 1. The Morgan fingerprint density at radius 2 is 2.33 bits per heavy atom. The minimum Gasteiger partial charge on any atom is -1.00 e. The van der Waals surface area contributed by atoms with E-state index in [1.807, 2.05) is 0 Å². The maximum Gasteiger partial charge on any atom is 0.0216 e. The molecule has 0 amide bonds. The van der Waals surface area contributed by atoms with E-state index in [1.54, 1.807) is 11.3 Å². The van der Waals surface area contributed by atoms with Crippen molar-refractivity contribution < 1.29 is 12.4 Å². The van der Waals surface area contributed by atoms with E-state index in [2.05, 4.69) is 36.0 Å². The number of thiophene rings is 1. The Balaban J connectivity index is 0.00000121. The van der Waals surface area contributed by atoms with E-state index in [1.165, 1.54) is 12.0 Å². The van der Waals surface area contributed by atoms with E-state index >= 15 is 0 Å². The number of hydrogen-bond acceptors (Lipinski definition) is 2. The molecule has 1 rings (SSSR count). The summed E-state index contributed by atoms with van der Waals surface area (Å²) < 4.78 is 0. The number of nitrogens with one attached hydrogen (secondary N) is 1. The zero-order chi connectivity index (χ0) is 8.10. The van der Waals surface area contributed by atoms with Gasteiger partial charge in [0.1, 0.15) is 0 Å². The van der Waals surface area contributed by atoms with Crippen molar-refractivity contribution in [3.8, 4) is 0 Å². The molecule has 0 spiro atoms. The van der Waals surface area contributed by atoms with E-state index < -0.39 is 0 Å². The summed E-state index contributed by atoms with van der Waals surface area (Å²) >= 11 is 1.76. The summed E-state index contributed by atoms with van der Waals surface area (Å²) in [6.07, 6.45) is 1.20. The minimum atomic E-state index is 0. The van der Waals surface area contributed by atoms with Crippen LogP contribution < -0.4 is 17.7 Å². The van der Waals surface area contributed by atoms with Crippen molar-refractivity contribution in [3.05, 3.63) is 22.4 Å². The minimum absolute atomic E-state index is 0. The van der Waals surface area contributed by atoms with E-state index in [0.29, 0.717) is 6.04 Å². The first-order valence-electron chi connectivity index (χ1n) is 4.07. The molecule has 12 heavy (non-hydrogen) atoms. The van der Waals surface area contributed by atoms with Crippen molar-refractivity contribution >= 4 is 11.3 Å². The van der Waals surface area contributed by atoms with Gasteiger partial charge in [0.15, 0.2) is 0 Å². The Kier molecular flexibility index (Phi) is 6.44. The van der Waals surface area contributed by atoms with E-state index in [4.69, 9.17) is 0 Å². The largest absolute Gasteiger partial charge is 1.00 e. The Morgan fingerprint density at radius 1 is 1.58 bits per heavy atom. The van der Waals surface area contributed by atoms with Crippen LogP contribution in [0, 0.1) is 0 Å². The van der Waals surface area contributed by atoms with Gasteiger partial charge in [-0.2, -0.15) is 11.3 Å². The highest BCUT2D eigenvalue weighted by molar-refractivity contribution is 7.07. The van der Waals surface area contributed by atoms with Crippen LogP contribution in [0.15, 0.2) is 16.8 Å². The van der Waals surface area contributed by atoms with Gasteiger partial charge in [-0.15, -0.1) is 0 Å². The lowest BCUT2D eigenvalue weighted by Gasteiger charge is -2.09. The predicted octanol–water partition coefficient (Wildman–Crippen LogP) is -0.360. The Hall–Kier alpha value is -0.0500. The molecular formula is C9H15ClNS-. The monoisotopic (exact) mass is 204 g/mol. The lowest BCUT2D eigenvalue weighted by atomic mass is 10.2. The normalized spacial score (nSPS) is 12.2. The van der Waals surface area contributed by atoms with Crippen LogP contribution in [0.25, 0.3) is 0 Å². The van der Waals surface area contributed by atoms with E-state index in [9.17, 15) is 0 Å². The third-order valence-corrected chi connectivity index (χ3v) is 2.58. The average molecular weight is 205 g/mol. The summed E-state index contributed by atoms with van der Waals surface area (Å²) in [5.41, 5.74) is 1.40. The Bertz CT molecular complexity index is 186. The molecule has 0 aliphatic carbocycles. The smallest absolute Gasteiger partial charge is 0.0216 e. The van der Waals surface area contributed by atoms with Crippen molar-refractivity contribution in [3.63, 3.8) is 0 Å². The third-order valence-electron chi connectivity index (χ3n) is 1.85. The zero-order valence-corrected chi connectivity index (χ0v) is 9.08. The second kappa shape index (κ2) is 6.46. The van der Waals surface area contributed by atoms with Crippen molar-refractivity contribution in [1.29, 1.82) is 0 Å². The first-order chi connectivity index (χ1) is 5.33. The van der Waals surface area contributed by atoms with Gasteiger partial charge in [-0.1, -0.05) is 6.92 Å². The molecule has 1 heterocycles. The van der Waals surface area contributed by atoms with Crippen LogP contribution in [0.5, 0.6) is 0 Å². The molecule has 1 atom stereocenters. The number of halogens is 1. The molecule has 1 nitrogen and oxygen atoms in total. The molecular weight excluding hydrogens is 190 g/mol. The van der Waals surface area contributed by atoms with Gasteiger partial charge in [0, 0.05) is 12.6 Å². The molecule has 0 saturated heterocycles. The lowest BCUT2D eigenvalue weighted by molar-refractivity contribution is -0.00000244. The Labute approximate surface area is 84.6 Å². The van der Waals surface area contributed by atoms with Gasteiger partial charge >= 0.3 is 0 Å². The second-order valence-corrected chi connectivity index (χ2v) is 3.60. The second-order valence-electron chi connectivity index (χ2n) is 2.82. The van der Waals surface area contributed by atoms with E-state index in [0.717, 1.165) is 6.54 Å². The SMILES string of the molecule is CCC(C)NCc1ccsc1.[Cl-]. The highest BCUT2D eigenvalue weighted by Crippen LogP contribution is 2.05. The fraction of sp³-hybridized carbons (Fsp3) is 0.556. The molecule has 1 unspecified atom stereocenters. The molecule has 0 saturated carbocycles. The highest BCUT2D eigenvalue weighted by atomic mass is 35.5. The first-order valence-corrected chi connectivity index (χ1v) is 5.01. The van der Waals surface area contributed by atoms with Crippen LogP contribution in [0.4, 0.5) is 0 Å². The van der Waals surface area contributed by atoms with Gasteiger partial charge in [-0.05, 0) is 35.7 Å². The Morgan fingerprint density at radius 3 is 2.83 bits per heavy atom. The first kappa shape index (κ1) is 11.9. The molecule has 1 aromatic rings. The molecule has 0 bridgehead atoms. The predicted molar refractivity (Wildman–Crippen MR) is 50.9 cm³/mol. The summed E-state index contributed by atoms with van der Waals surface area (Å²) in [7, 11) is 0. The number of rotatable bonds is 4. The van der Waals surface area contributed by atoms with E-state index in [-0.39, 0.29) is 12.4 Å². The molecule has 1 aromatic heterocycles. The molecule has 0 radical (unpaired) electrons. The van der Waals surface area contributed by atoms with Crippen molar-refractivity contribution in [2.24, 2.45) is 0 Å². The highest BCUT2D eigenvalue weighted by Gasteiger charge is 1.97. The van der Waals surface area contributed by atoms with Gasteiger partial charge in [0.2, 0.25) is 0 Å². The fourth-order valence-electron chi connectivity index (χ4n) is 0.830. The van der Waals surface area contributed by atoms with Gasteiger partial charge in [-0.25, -0.2) is 0 Å². The van der Waals surface area contributed by atoms with Crippen LogP contribution in [0.2, 0.25) is 0 Å². The standard InChI is InChI=1S/C9H15NS.ClH/c1-3-8(2)10-6-9-4-5-11-7-9;/h4-5,7-8,10H,3,6H2,1-2H3;1H/p-1. The zero-order valence-electron chi connectivity index (χ0n) is 7.51. The third kappa shape index (κ3) is 4.10. The van der Waals surface area contributed by atoms with Crippen LogP contribution >= 0.6 is 11.3 Å². The van der Waals surface area contributed by atoms with Gasteiger partial charge in [0.05, 0.1) is 0 Å². The van der Waals surface area contributed by atoms with Gasteiger partial charge in [-0.3, -0.25) is 0 Å². The maximum atomic E-state index is 3.44. The molecule has 0 aromatic carbocycles. The summed E-state index contributed by atoms with van der Waals surface area (Å²) in [6.45, 7) is 5.43. The topological polar surface area (TPSA) is 12.0 Å². The lowest BCUT2D eigenvalue weighted by Crippen LogP contribution is -3.00. The summed E-state index contributed by atoms with van der Waals surface area (Å²) in [4.78, 5) is 0. The summed E-state index contributed by atoms with van der Waals surface area (Å²) in [5, 5.41) is 7.75. The summed E-state index contributed by atoms with van der Waals surface area (Å²) in [5.74, 6) is 0. The van der Waals surface area contributed by atoms with Crippen LogP contribution in [0.1, 0.15) is 25.8 Å². The van der Waals surface area contributed by atoms with Crippen molar-refractivity contribution in [2.45, 2.75) is 32.9 Å². The molecule has 0 aliphatic heterocycles. The van der Waals surface area contributed by atoms with Crippen molar-refractivity contribution in [1.82, 2.24) is 5.32 Å². The van der Waals surface area contributed by atoms with Crippen LogP contribution in [-0.4, -0.2) is 6.04 Å². The molecule has 3 heteroatoms. The quantitative estimate of drug-likeness (QED) is 0.707. The summed E-state index contributed by atoms with van der Waals surface area (Å²) in [6, 6.07) is 2.80. The van der Waals surface area contributed by atoms with Gasteiger partial charge in [0.25, 0.3) is 0 Å². The van der Waals surface area contributed by atoms with Crippen molar-refractivity contribution in [2.75, 3.05) is 0 Å². The molecule has 0 aliphatic rings. The molecule has 1 N–H and O–H groups in total. The van der Waals surface area contributed by atoms with Crippen LogP contribution in [-0.2, 0) is 6.54 Å². The molecule has 0 fully saturated rings. The maximum absolute atomic E-state index is 3.44.